The number of aryl methyl sites for hydroxylation is 1. The molecule has 2 fully saturated rings. The Hall–Kier alpha value is -1.78. The van der Waals surface area contributed by atoms with Gasteiger partial charge in [0.15, 0.2) is 5.82 Å². The van der Waals surface area contributed by atoms with E-state index in [0.717, 1.165) is 63.1 Å². The molecule has 210 valence electrons. The molecule has 38 heavy (non-hydrogen) atoms. The molecule has 0 spiro atoms. The summed E-state index contributed by atoms with van der Waals surface area (Å²) in [6, 6.07) is 2.32. The van der Waals surface area contributed by atoms with Gasteiger partial charge in [0.1, 0.15) is 11.3 Å². The molecule has 2 aliphatic rings. The highest BCUT2D eigenvalue weighted by Gasteiger charge is 2.26. The smallest absolute Gasteiger partial charge is 0.152 e. The number of nitrogens with zero attached hydrogens (tertiary/aromatic N) is 5. The lowest BCUT2D eigenvalue weighted by Crippen LogP contribution is -2.37. The van der Waals surface area contributed by atoms with Crippen molar-refractivity contribution in [1.29, 1.82) is 0 Å². The minimum Gasteiger partial charge on any atom is -0.382 e. The summed E-state index contributed by atoms with van der Waals surface area (Å²) in [7, 11) is 3.94. The normalized spacial score (nSPS) is 18.8. The van der Waals surface area contributed by atoms with Crippen LogP contribution in [0.1, 0.15) is 62.1 Å². The van der Waals surface area contributed by atoms with Crippen molar-refractivity contribution in [1.82, 2.24) is 24.3 Å². The minimum atomic E-state index is 0.583. The van der Waals surface area contributed by atoms with Crippen molar-refractivity contribution < 1.29 is 9.47 Å². The number of imidazole rings is 1. The number of nitrogens with two attached hydrogens (primary N) is 1. The lowest BCUT2D eigenvalue weighted by atomic mass is 9.95. The number of likely N-dealkylation sites (tertiary alicyclic amines) is 2. The van der Waals surface area contributed by atoms with Crippen molar-refractivity contribution in [2.75, 3.05) is 72.4 Å². The molecular weight excluding hydrogens is 496 g/mol. The van der Waals surface area contributed by atoms with Gasteiger partial charge in [-0.2, -0.15) is 0 Å². The summed E-state index contributed by atoms with van der Waals surface area (Å²) in [5.41, 5.74) is 9.75. The van der Waals surface area contributed by atoms with E-state index >= 15 is 0 Å². The molecule has 0 bridgehead atoms. The van der Waals surface area contributed by atoms with Crippen LogP contribution in [0, 0.1) is 5.92 Å². The number of aromatic nitrogens is 3. The van der Waals surface area contributed by atoms with E-state index in [2.05, 4.69) is 34.4 Å². The van der Waals surface area contributed by atoms with Crippen molar-refractivity contribution in [3.63, 3.8) is 0 Å². The van der Waals surface area contributed by atoms with Crippen LogP contribution in [0.15, 0.2) is 6.07 Å². The minimum absolute atomic E-state index is 0.583. The Bertz CT molecular complexity index is 1180. The standard InChI is InChI=1S/C29H46N6O2S/c1-4-5-6-25-32-26-27(35(25)20-21-7-13-34(14-8-21)15-16-37-18-17-36-3)28-23(31-29(26)30)19-24(38-28)22-9-11-33(2)12-10-22/h19,21-22H,4-18,20H2,1-3H3,(H2,30,31). The molecule has 3 aromatic heterocycles. The van der Waals surface area contributed by atoms with Crippen molar-refractivity contribution in [2.45, 2.75) is 64.3 Å². The Morgan fingerprint density at radius 2 is 1.84 bits per heavy atom. The summed E-state index contributed by atoms with van der Waals surface area (Å²) in [5.74, 6) is 3.04. The molecular formula is C29H46N6O2S. The van der Waals surface area contributed by atoms with Crippen LogP contribution in [-0.4, -0.2) is 91.0 Å². The molecule has 2 saturated heterocycles. The van der Waals surface area contributed by atoms with Gasteiger partial charge in [-0.3, -0.25) is 0 Å². The SMILES string of the molecule is CCCCc1nc2c(N)nc3cc(C4CCN(C)CC4)sc3c2n1CC1CCN(CCOCCOC)CC1. The molecule has 0 atom stereocenters. The highest BCUT2D eigenvalue weighted by molar-refractivity contribution is 7.20. The Kier molecular flexibility index (Phi) is 9.54. The molecule has 0 radical (unpaired) electrons. The molecule has 5 rings (SSSR count). The van der Waals surface area contributed by atoms with Crippen LogP contribution >= 0.6 is 11.3 Å². The first-order chi connectivity index (χ1) is 18.6. The zero-order chi connectivity index (χ0) is 26.5. The zero-order valence-electron chi connectivity index (χ0n) is 23.6. The van der Waals surface area contributed by atoms with Crippen molar-refractivity contribution in [2.24, 2.45) is 5.92 Å². The molecule has 0 amide bonds. The van der Waals surface area contributed by atoms with Gasteiger partial charge in [-0.1, -0.05) is 13.3 Å². The molecule has 0 aliphatic carbocycles. The van der Waals surface area contributed by atoms with Gasteiger partial charge < -0.3 is 29.6 Å². The Labute approximate surface area is 231 Å². The summed E-state index contributed by atoms with van der Waals surface area (Å²) >= 11 is 1.94. The van der Waals surface area contributed by atoms with Crippen molar-refractivity contribution >= 4 is 38.4 Å². The average Bonchev–Trinajstić information content (AvgIpc) is 3.50. The van der Waals surface area contributed by atoms with Crippen LogP contribution in [0.2, 0.25) is 0 Å². The molecule has 0 unspecified atom stereocenters. The monoisotopic (exact) mass is 542 g/mol. The number of hydrogen-bond acceptors (Lipinski definition) is 8. The van der Waals surface area contributed by atoms with E-state index in [1.54, 1.807) is 7.11 Å². The van der Waals surface area contributed by atoms with Crippen molar-refractivity contribution in [3.05, 3.63) is 16.8 Å². The summed E-state index contributed by atoms with van der Waals surface area (Å²) < 4.78 is 14.6. The predicted octanol–water partition coefficient (Wildman–Crippen LogP) is 4.76. The first kappa shape index (κ1) is 27.8. The topological polar surface area (TPSA) is 81.7 Å². The Balaban J connectivity index is 1.36. The third-order valence-electron chi connectivity index (χ3n) is 8.48. The molecule has 3 aromatic rings. The van der Waals surface area contributed by atoms with Crippen LogP contribution < -0.4 is 5.73 Å². The lowest BCUT2D eigenvalue weighted by Gasteiger charge is -2.32. The third kappa shape index (κ3) is 6.33. The van der Waals surface area contributed by atoms with Gasteiger partial charge in [-0.25, -0.2) is 9.97 Å². The fourth-order valence-electron chi connectivity index (χ4n) is 6.05. The van der Waals surface area contributed by atoms with Crippen LogP contribution in [0.25, 0.3) is 21.3 Å². The maximum atomic E-state index is 6.55. The fourth-order valence-corrected chi connectivity index (χ4v) is 7.37. The summed E-state index contributed by atoms with van der Waals surface area (Å²) in [6.07, 6.45) is 8.16. The van der Waals surface area contributed by atoms with E-state index in [-0.39, 0.29) is 0 Å². The van der Waals surface area contributed by atoms with Gasteiger partial charge in [-0.15, -0.1) is 11.3 Å². The van der Waals surface area contributed by atoms with E-state index in [4.69, 9.17) is 25.2 Å². The highest BCUT2D eigenvalue weighted by atomic mass is 32.1. The van der Waals surface area contributed by atoms with Gasteiger partial charge in [0, 0.05) is 31.5 Å². The molecule has 2 aliphatic heterocycles. The maximum absolute atomic E-state index is 6.55. The summed E-state index contributed by atoms with van der Waals surface area (Å²) in [4.78, 5) is 16.4. The number of piperidine rings is 2. The molecule has 0 saturated carbocycles. The first-order valence-electron chi connectivity index (χ1n) is 14.6. The second kappa shape index (κ2) is 13.0. The number of ether oxygens (including phenoxy) is 2. The highest BCUT2D eigenvalue weighted by Crippen LogP contribution is 2.40. The first-order valence-corrected chi connectivity index (χ1v) is 15.4. The Morgan fingerprint density at radius 3 is 2.58 bits per heavy atom. The molecule has 2 N–H and O–H groups in total. The van der Waals surface area contributed by atoms with Gasteiger partial charge in [0.25, 0.3) is 0 Å². The van der Waals surface area contributed by atoms with E-state index in [1.807, 2.05) is 11.3 Å². The second-order valence-electron chi connectivity index (χ2n) is 11.3. The summed E-state index contributed by atoms with van der Waals surface area (Å²) in [6.45, 7) is 11.0. The third-order valence-corrected chi connectivity index (χ3v) is 9.78. The molecule has 9 heteroatoms. The van der Waals surface area contributed by atoms with Crippen LogP contribution in [0.5, 0.6) is 0 Å². The van der Waals surface area contributed by atoms with E-state index < -0.39 is 0 Å². The molecule has 8 nitrogen and oxygen atoms in total. The van der Waals surface area contributed by atoms with Gasteiger partial charge in [0.2, 0.25) is 0 Å². The number of nitrogen functional groups attached to an aromatic ring is 1. The molecule has 0 aromatic carbocycles. The van der Waals surface area contributed by atoms with E-state index in [0.29, 0.717) is 30.9 Å². The molecule has 5 heterocycles. The number of anilines is 1. The number of pyridine rings is 1. The number of rotatable bonds is 12. The number of methoxy groups -OCH3 is 1. The quantitative estimate of drug-likeness (QED) is 0.331. The van der Waals surface area contributed by atoms with Crippen molar-refractivity contribution in [3.8, 4) is 0 Å². The van der Waals surface area contributed by atoms with Crippen LogP contribution in [0.4, 0.5) is 5.82 Å². The van der Waals surface area contributed by atoms with Crippen LogP contribution in [0.3, 0.4) is 0 Å². The maximum Gasteiger partial charge on any atom is 0.152 e. The van der Waals surface area contributed by atoms with Crippen LogP contribution in [-0.2, 0) is 22.4 Å². The van der Waals surface area contributed by atoms with E-state index in [9.17, 15) is 0 Å². The average molecular weight is 543 g/mol. The Morgan fingerprint density at radius 1 is 1.05 bits per heavy atom. The van der Waals surface area contributed by atoms with E-state index in [1.165, 1.54) is 59.7 Å². The lowest BCUT2D eigenvalue weighted by molar-refractivity contribution is 0.0503. The van der Waals surface area contributed by atoms with Gasteiger partial charge >= 0.3 is 0 Å². The zero-order valence-corrected chi connectivity index (χ0v) is 24.4. The number of fused-ring (bicyclic) bond motifs is 3. The number of thiophene rings is 1. The summed E-state index contributed by atoms with van der Waals surface area (Å²) in [5, 5.41) is 0. The second-order valence-corrected chi connectivity index (χ2v) is 12.4. The van der Waals surface area contributed by atoms with Gasteiger partial charge in [0.05, 0.1) is 35.6 Å². The largest absolute Gasteiger partial charge is 0.382 e. The van der Waals surface area contributed by atoms with Gasteiger partial charge in [-0.05, 0) is 83.2 Å². The number of unbranched alkanes of at least 4 members (excludes halogenated alkanes) is 1. The fraction of sp³-hybridized carbons (Fsp3) is 0.724. The predicted molar refractivity (Wildman–Crippen MR) is 157 cm³/mol. The number of hydrogen-bond donors (Lipinski definition) is 1.